The highest BCUT2D eigenvalue weighted by Crippen LogP contribution is 2.38. The van der Waals surface area contributed by atoms with Gasteiger partial charge in [-0.3, -0.25) is 4.90 Å². The molecule has 1 aliphatic heterocycles. The third-order valence-electron chi connectivity index (χ3n) is 4.81. The summed E-state index contributed by atoms with van der Waals surface area (Å²) < 4.78 is 11.8. The molecule has 18 heavy (non-hydrogen) atoms. The van der Waals surface area contributed by atoms with E-state index in [0.717, 1.165) is 32.5 Å². The van der Waals surface area contributed by atoms with Crippen LogP contribution in [0.2, 0.25) is 0 Å². The van der Waals surface area contributed by atoms with Gasteiger partial charge in [0, 0.05) is 31.0 Å². The van der Waals surface area contributed by atoms with Gasteiger partial charge in [-0.2, -0.15) is 0 Å². The lowest BCUT2D eigenvalue weighted by Gasteiger charge is -2.46. The molecule has 1 saturated carbocycles. The molecule has 106 valence electrons. The fraction of sp³-hybridized carbons (Fsp3) is 1.00. The molecule has 0 bridgehead atoms. The van der Waals surface area contributed by atoms with Crippen LogP contribution >= 0.6 is 0 Å². The Morgan fingerprint density at radius 2 is 2.06 bits per heavy atom. The van der Waals surface area contributed by atoms with E-state index in [2.05, 4.69) is 38.2 Å². The maximum Gasteiger partial charge on any atom is 0.170 e. The van der Waals surface area contributed by atoms with Crippen molar-refractivity contribution in [3.05, 3.63) is 0 Å². The van der Waals surface area contributed by atoms with Crippen LogP contribution in [-0.2, 0) is 9.47 Å². The summed E-state index contributed by atoms with van der Waals surface area (Å²) in [5.41, 5.74) is 0. The molecule has 0 aromatic heterocycles. The molecule has 0 aromatic rings. The first kappa shape index (κ1) is 14.3. The fourth-order valence-electron chi connectivity index (χ4n) is 3.27. The van der Waals surface area contributed by atoms with Gasteiger partial charge in [0.1, 0.15) is 0 Å². The normalized spacial score (nSPS) is 33.2. The molecular weight excluding hydrogens is 228 g/mol. The standard InChI is InChI=1S/C14H28N2O2/c1-5-11(2)16(4)13-10-14(17-8-9-18-14)7-6-12(13)15-3/h11-13,15H,5-10H2,1-4H3. The summed E-state index contributed by atoms with van der Waals surface area (Å²) in [6, 6.07) is 1.64. The molecule has 1 heterocycles. The predicted octanol–water partition coefficient (Wildman–Crippen LogP) is 1.60. The molecule has 1 N–H and O–H groups in total. The number of hydrogen-bond acceptors (Lipinski definition) is 4. The quantitative estimate of drug-likeness (QED) is 0.828. The Balaban J connectivity index is 2.07. The van der Waals surface area contributed by atoms with Gasteiger partial charge in [-0.05, 0) is 33.9 Å². The summed E-state index contributed by atoms with van der Waals surface area (Å²) in [6.07, 6.45) is 4.31. The van der Waals surface area contributed by atoms with Gasteiger partial charge in [0.15, 0.2) is 5.79 Å². The second-order valence-corrected chi connectivity index (χ2v) is 5.74. The molecule has 1 aliphatic carbocycles. The third kappa shape index (κ3) is 2.72. The van der Waals surface area contributed by atoms with Crippen LogP contribution in [0.15, 0.2) is 0 Å². The molecule has 1 spiro atoms. The van der Waals surface area contributed by atoms with Crippen molar-refractivity contribution in [3.8, 4) is 0 Å². The Kier molecular flexibility index (Phi) is 4.64. The van der Waals surface area contributed by atoms with Crippen molar-refractivity contribution < 1.29 is 9.47 Å². The second kappa shape index (κ2) is 5.87. The summed E-state index contributed by atoms with van der Waals surface area (Å²) in [4.78, 5) is 2.49. The average molecular weight is 256 g/mol. The Morgan fingerprint density at radius 1 is 1.39 bits per heavy atom. The van der Waals surface area contributed by atoms with Crippen LogP contribution in [0.1, 0.15) is 39.5 Å². The smallest absolute Gasteiger partial charge is 0.170 e. The first-order chi connectivity index (χ1) is 8.62. The summed E-state index contributed by atoms with van der Waals surface area (Å²) in [7, 11) is 4.30. The molecule has 1 saturated heterocycles. The first-order valence-corrected chi connectivity index (χ1v) is 7.29. The largest absolute Gasteiger partial charge is 0.347 e. The molecule has 2 rings (SSSR count). The molecule has 3 unspecified atom stereocenters. The Labute approximate surface area is 111 Å². The van der Waals surface area contributed by atoms with Gasteiger partial charge in [0.2, 0.25) is 0 Å². The van der Waals surface area contributed by atoms with Gasteiger partial charge in [-0.15, -0.1) is 0 Å². The molecule has 3 atom stereocenters. The number of hydrogen-bond donors (Lipinski definition) is 1. The Hall–Kier alpha value is -0.160. The maximum atomic E-state index is 5.89. The van der Waals surface area contributed by atoms with Crippen molar-refractivity contribution >= 4 is 0 Å². The van der Waals surface area contributed by atoms with Crippen LogP contribution in [0.5, 0.6) is 0 Å². The molecule has 2 fully saturated rings. The van der Waals surface area contributed by atoms with Gasteiger partial charge in [-0.1, -0.05) is 6.92 Å². The number of likely N-dealkylation sites (N-methyl/N-ethyl adjacent to an activating group) is 2. The zero-order chi connectivity index (χ0) is 13.2. The summed E-state index contributed by atoms with van der Waals surface area (Å²) >= 11 is 0. The number of nitrogens with one attached hydrogen (secondary N) is 1. The minimum atomic E-state index is -0.292. The molecule has 0 aromatic carbocycles. The van der Waals surface area contributed by atoms with E-state index in [-0.39, 0.29) is 5.79 Å². The monoisotopic (exact) mass is 256 g/mol. The van der Waals surface area contributed by atoms with Crippen molar-refractivity contribution in [2.24, 2.45) is 0 Å². The highest BCUT2D eigenvalue weighted by Gasteiger charge is 2.46. The highest BCUT2D eigenvalue weighted by molar-refractivity contribution is 4.96. The van der Waals surface area contributed by atoms with Crippen molar-refractivity contribution in [2.45, 2.75) is 63.4 Å². The van der Waals surface area contributed by atoms with Gasteiger partial charge >= 0.3 is 0 Å². The lowest BCUT2D eigenvalue weighted by atomic mass is 9.84. The van der Waals surface area contributed by atoms with E-state index >= 15 is 0 Å². The molecular formula is C14H28N2O2. The van der Waals surface area contributed by atoms with Gasteiger partial charge in [0.25, 0.3) is 0 Å². The summed E-state index contributed by atoms with van der Waals surface area (Å²) in [5.74, 6) is -0.292. The van der Waals surface area contributed by atoms with E-state index in [4.69, 9.17) is 9.47 Å². The van der Waals surface area contributed by atoms with E-state index in [9.17, 15) is 0 Å². The van der Waals surface area contributed by atoms with Crippen molar-refractivity contribution in [1.29, 1.82) is 0 Å². The number of ether oxygens (including phenoxy) is 2. The van der Waals surface area contributed by atoms with Crippen LogP contribution in [0.4, 0.5) is 0 Å². The summed E-state index contributed by atoms with van der Waals surface area (Å²) in [5, 5.41) is 3.47. The number of nitrogens with zero attached hydrogens (tertiary/aromatic N) is 1. The lowest BCUT2D eigenvalue weighted by molar-refractivity contribution is -0.193. The van der Waals surface area contributed by atoms with Crippen molar-refractivity contribution in [3.63, 3.8) is 0 Å². The third-order valence-corrected chi connectivity index (χ3v) is 4.81. The van der Waals surface area contributed by atoms with Crippen molar-refractivity contribution in [2.75, 3.05) is 27.3 Å². The maximum absolute atomic E-state index is 5.89. The minimum absolute atomic E-state index is 0.292. The predicted molar refractivity (Wildman–Crippen MR) is 72.6 cm³/mol. The van der Waals surface area contributed by atoms with E-state index in [1.165, 1.54) is 6.42 Å². The van der Waals surface area contributed by atoms with Crippen LogP contribution in [0, 0.1) is 0 Å². The molecule has 4 nitrogen and oxygen atoms in total. The van der Waals surface area contributed by atoms with E-state index in [0.29, 0.717) is 18.1 Å². The van der Waals surface area contributed by atoms with Crippen LogP contribution in [0.3, 0.4) is 0 Å². The zero-order valence-corrected chi connectivity index (χ0v) is 12.2. The van der Waals surface area contributed by atoms with Gasteiger partial charge in [-0.25, -0.2) is 0 Å². The average Bonchev–Trinajstić information content (AvgIpc) is 2.85. The summed E-state index contributed by atoms with van der Waals surface area (Å²) in [6.45, 7) is 6.05. The van der Waals surface area contributed by atoms with Gasteiger partial charge in [0.05, 0.1) is 13.2 Å². The van der Waals surface area contributed by atoms with Gasteiger partial charge < -0.3 is 14.8 Å². The SMILES string of the molecule is CCC(C)N(C)C1CC2(CCC1NC)OCCO2. The topological polar surface area (TPSA) is 33.7 Å². The zero-order valence-electron chi connectivity index (χ0n) is 12.2. The van der Waals surface area contributed by atoms with Crippen molar-refractivity contribution in [1.82, 2.24) is 10.2 Å². The minimum Gasteiger partial charge on any atom is -0.347 e. The van der Waals surface area contributed by atoms with Crippen LogP contribution in [-0.4, -0.2) is 56.1 Å². The van der Waals surface area contributed by atoms with E-state index in [1.54, 1.807) is 0 Å². The first-order valence-electron chi connectivity index (χ1n) is 7.29. The fourth-order valence-corrected chi connectivity index (χ4v) is 3.27. The molecule has 2 aliphatic rings. The highest BCUT2D eigenvalue weighted by atomic mass is 16.7. The Morgan fingerprint density at radius 3 is 2.61 bits per heavy atom. The lowest BCUT2D eigenvalue weighted by Crippen LogP contribution is -2.57. The molecule has 0 amide bonds. The van der Waals surface area contributed by atoms with Crippen LogP contribution in [0.25, 0.3) is 0 Å². The molecule has 0 radical (unpaired) electrons. The van der Waals surface area contributed by atoms with E-state index < -0.39 is 0 Å². The van der Waals surface area contributed by atoms with E-state index in [1.807, 2.05) is 0 Å². The Bertz CT molecular complexity index is 267. The second-order valence-electron chi connectivity index (χ2n) is 5.74. The number of rotatable bonds is 4. The molecule has 4 heteroatoms. The van der Waals surface area contributed by atoms with Crippen LogP contribution < -0.4 is 5.32 Å².